The van der Waals surface area contributed by atoms with Gasteiger partial charge in [0.2, 0.25) is 18.3 Å². The number of rotatable bonds is 15. The van der Waals surface area contributed by atoms with E-state index in [1.165, 1.54) is 21.3 Å². The summed E-state index contributed by atoms with van der Waals surface area (Å²) in [6.45, 7) is 15.1. The van der Waals surface area contributed by atoms with E-state index in [0.717, 1.165) is 49.0 Å². The molecule has 2 heterocycles. The van der Waals surface area contributed by atoms with Crippen LogP contribution in [0.25, 0.3) is 32.3 Å². The average molecular weight is 972 g/mol. The molecule has 372 valence electrons. The number of esters is 3. The number of amides is 3. The molecule has 17 heteroatoms. The number of benzene rings is 6. The van der Waals surface area contributed by atoms with Gasteiger partial charge in [-0.1, -0.05) is 61.2 Å². The third-order valence-electron chi connectivity index (χ3n) is 12.1. The molecule has 71 heavy (non-hydrogen) atoms. The molecule has 8 rings (SSSR count). The summed E-state index contributed by atoms with van der Waals surface area (Å²) in [7, 11) is 4.58. The zero-order valence-electron chi connectivity index (χ0n) is 41.0. The monoisotopic (exact) mass is 971 g/mol. The molecule has 0 saturated carbocycles. The number of aryl methyl sites for hydroxylation is 3. The molecule has 6 aromatic carbocycles. The van der Waals surface area contributed by atoms with Crippen molar-refractivity contribution in [2.45, 2.75) is 71.1 Å². The Morgan fingerprint density at radius 1 is 0.507 bits per heavy atom. The minimum atomic E-state index is -1.16. The van der Waals surface area contributed by atoms with Crippen LogP contribution in [0.2, 0.25) is 0 Å². The number of carbonyl (C=O) groups is 6. The van der Waals surface area contributed by atoms with Gasteiger partial charge in [-0.25, -0.2) is 14.4 Å². The predicted octanol–water partition coefficient (Wildman–Crippen LogP) is 6.66. The molecule has 6 N–H and O–H groups in total. The lowest BCUT2D eigenvalue weighted by Crippen LogP contribution is -2.43. The second kappa shape index (κ2) is 21.3. The number of epoxide rings is 2. The molecule has 2 aliphatic rings. The molecular formula is C54H57N3O14. The molecule has 0 unspecified atom stereocenters. The lowest BCUT2D eigenvalue weighted by atomic mass is 10.00. The molecule has 0 spiro atoms. The van der Waals surface area contributed by atoms with Gasteiger partial charge in [0.05, 0.1) is 51.2 Å². The van der Waals surface area contributed by atoms with E-state index >= 15 is 0 Å². The maximum absolute atomic E-state index is 12.7. The van der Waals surface area contributed by atoms with Crippen molar-refractivity contribution in [1.29, 1.82) is 0 Å². The number of hydrogen-bond acceptors (Lipinski definition) is 14. The number of ether oxygens (including phenoxy) is 8. The second-order valence-corrected chi connectivity index (χ2v) is 17.6. The van der Waals surface area contributed by atoms with Crippen LogP contribution < -0.4 is 31.4 Å². The highest BCUT2D eigenvalue weighted by Crippen LogP contribution is 2.36. The molecule has 0 radical (unpaired) electrons. The van der Waals surface area contributed by atoms with E-state index < -0.39 is 65.1 Å². The summed E-state index contributed by atoms with van der Waals surface area (Å²) in [4.78, 5) is 72.6. The molecule has 5 atom stereocenters. The summed E-state index contributed by atoms with van der Waals surface area (Å²) < 4.78 is 42.2. The molecule has 2 saturated heterocycles. The predicted molar refractivity (Wildman–Crippen MR) is 264 cm³/mol. The van der Waals surface area contributed by atoms with Crippen molar-refractivity contribution in [3.63, 3.8) is 0 Å². The standard InChI is InChI=1S/2C18H19NO5.C18H19NO4/c2*1-10-5-4-6-12-13(10)7-11(22-3)8-14(12)17(21)24-15(16(19)20)18(2)9-23-18;1-10(2)16(17(19)20)23-18(21)15-9-12(22-4)8-14-11(3)6-5-7-13(14)15/h2*4-8,15H,9H2,1-3H3,(H2,19,20);5-9,16H,1H2,2-4H3,(H2,19,20)/t15-,18+;15-,18-;16-/m110/s1. The minimum Gasteiger partial charge on any atom is -0.497 e. The van der Waals surface area contributed by atoms with Crippen LogP contribution >= 0.6 is 0 Å². The Balaban J connectivity index is 0.000000174. The first-order chi connectivity index (χ1) is 33.6. The van der Waals surface area contributed by atoms with Crippen LogP contribution in [-0.2, 0) is 38.1 Å². The van der Waals surface area contributed by atoms with Gasteiger partial charge in [-0.15, -0.1) is 0 Å². The Bertz CT molecular complexity index is 2950. The molecule has 6 aromatic rings. The van der Waals surface area contributed by atoms with E-state index in [2.05, 4.69) is 6.58 Å². The fourth-order valence-corrected chi connectivity index (χ4v) is 7.80. The summed E-state index contributed by atoms with van der Waals surface area (Å²) in [6.07, 6.45) is -3.42. The third kappa shape index (κ3) is 11.7. The highest BCUT2D eigenvalue weighted by molar-refractivity contribution is 6.09. The van der Waals surface area contributed by atoms with Crippen LogP contribution in [0.1, 0.15) is 68.5 Å². The molecule has 17 nitrogen and oxygen atoms in total. The van der Waals surface area contributed by atoms with E-state index in [1.54, 1.807) is 39.0 Å². The van der Waals surface area contributed by atoms with Crippen molar-refractivity contribution in [1.82, 2.24) is 0 Å². The summed E-state index contributed by atoms with van der Waals surface area (Å²) in [5.74, 6) is -2.53. The van der Waals surface area contributed by atoms with Gasteiger partial charge in [-0.05, 0) is 133 Å². The lowest BCUT2D eigenvalue weighted by Gasteiger charge is -2.19. The largest absolute Gasteiger partial charge is 0.497 e. The summed E-state index contributed by atoms with van der Waals surface area (Å²) in [5, 5.41) is 4.82. The van der Waals surface area contributed by atoms with Crippen molar-refractivity contribution >= 4 is 67.9 Å². The van der Waals surface area contributed by atoms with E-state index in [0.29, 0.717) is 52.7 Å². The number of nitrogens with two attached hydrogens (primary N) is 3. The molecule has 0 aromatic heterocycles. The van der Waals surface area contributed by atoms with Gasteiger partial charge in [0.1, 0.15) is 28.5 Å². The quantitative estimate of drug-likeness (QED) is 0.0421. The number of methoxy groups -OCH3 is 3. The maximum Gasteiger partial charge on any atom is 0.340 e. The average Bonchev–Trinajstić information content (AvgIpc) is 4.28. The van der Waals surface area contributed by atoms with Crippen LogP contribution in [0.15, 0.2) is 103 Å². The molecule has 0 bridgehead atoms. The van der Waals surface area contributed by atoms with Crippen molar-refractivity contribution in [2.75, 3.05) is 34.5 Å². The Kier molecular flexibility index (Phi) is 15.7. The number of hydrogen-bond donors (Lipinski definition) is 3. The van der Waals surface area contributed by atoms with Crippen molar-refractivity contribution in [2.24, 2.45) is 17.2 Å². The first-order valence-corrected chi connectivity index (χ1v) is 22.2. The van der Waals surface area contributed by atoms with E-state index in [9.17, 15) is 28.8 Å². The first kappa shape index (κ1) is 52.4. The van der Waals surface area contributed by atoms with Crippen LogP contribution in [0.3, 0.4) is 0 Å². The third-order valence-corrected chi connectivity index (χ3v) is 12.1. The van der Waals surface area contributed by atoms with Gasteiger partial charge >= 0.3 is 17.9 Å². The Hall–Kier alpha value is -8.02. The summed E-state index contributed by atoms with van der Waals surface area (Å²) in [5.41, 5.74) is 18.6. The van der Waals surface area contributed by atoms with Gasteiger partial charge in [-0.3, -0.25) is 14.4 Å². The minimum absolute atomic E-state index is 0.315. The van der Waals surface area contributed by atoms with Crippen LogP contribution in [0.4, 0.5) is 0 Å². The van der Waals surface area contributed by atoms with Gasteiger partial charge in [0.15, 0.2) is 0 Å². The number of primary amides is 3. The van der Waals surface area contributed by atoms with E-state index in [4.69, 9.17) is 55.1 Å². The van der Waals surface area contributed by atoms with E-state index in [1.807, 2.05) is 93.6 Å². The molecule has 2 aliphatic heterocycles. The molecule has 2 fully saturated rings. The van der Waals surface area contributed by atoms with Crippen molar-refractivity contribution < 1.29 is 66.7 Å². The maximum atomic E-state index is 12.7. The summed E-state index contributed by atoms with van der Waals surface area (Å²) >= 11 is 0. The smallest absolute Gasteiger partial charge is 0.340 e. The number of carbonyl (C=O) groups excluding carboxylic acids is 6. The molecule has 0 aliphatic carbocycles. The fraction of sp³-hybridized carbons (Fsp3) is 0.296. The lowest BCUT2D eigenvalue weighted by molar-refractivity contribution is -0.130. The zero-order valence-corrected chi connectivity index (χ0v) is 41.0. The summed E-state index contributed by atoms with van der Waals surface area (Å²) in [6, 6.07) is 27.2. The zero-order chi connectivity index (χ0) is 52.1. The number of fused-ring (bicyclic) bond motifs is 3. The van der Waals surface area contributed by atoms with Gasteiger partial charge < -0.3 is 55.1 Å². The highest BCUT2D eigenvalue weighted by Gasteiger charge is 2.53. The topological polar surface area (TPSA) is 261 Å². The van der Waals surface area contributed by atoms with Crippen LogP contribution in [0, 0.1) is 20.8 Å². The van der Waals surface area contributed by atoms with Crippen LogP contribution in [-0.4, -0.2) is 99.7 Å². The van der Waals surface area contributed by atoms with Crippen molar-refractivity contribution in [3.8, 4) is 17.2 Å². The second-order valence-electron chi connectivity index (χ2n) is 17.6. The Morgan fingerprint density at radius 3 is 1.04 bits per heavy atom. The van der Waals surface area contributed by atoms with Gasteiger partial charge in [0, 0.05) is 0 Å². The molecule has 3 amide bonds. The van der Waals surface area contributed by atoms with E-state index in [-0.39, 0.29) is 0 Å². The highest BCUT2D eigenvalue weighted by atomic mass is 16.6. The Morgan fingerprint density at radius 2 is 0.803 bits per heavy atom. The van der Waals surface area contributed by atoms with Crippen LogP contribution in [0.5, 0.6) is 17.2 Å². The first-order valence-electron chi connectivity index (χ1n) is 22.2. The fourth-order valence-electron chi connectivity index (χ4n) is 7.80. The molecular weight excluding hydrogens is 915 g/mol. The Labute approximate surface area is 410 Å². The van der Waals surface area contributed by atoms with Gasteiger partial charge in [-0.2, -0.15) is 0 Å². The van der Waals surface area contributed by atoms with Crippen molar-refractivity contribution in [3.05, 3.63) is 137 Å². The van der Waals surface area contributed by atoms with Gasteiger partial charge in [0.25, 0.3) is 17.7 Å². The SMILES string of the molecule is C=C(C)[C@H](OC(=O)c1cc(OC)cc2c(C)cccc12)C(N)=O.COc1cc(C(=O)O[C@H](C(N)=O)[C@@]2(C)CO2)c2cccc(C)c2c1.COc1cc(C(=O)O[C@H](C(N)=O)[C@]2(C)CO2)c2cccc(C)c2c1. The normalized spacial score (nSPS) is 17.6.